The molecule has 2 aromatic heterocycles. The number of aromatic nitrogens is 3. The Balaban J connectivity index is 1.85. The second kappa shape index (κ2) is 5.33. The number of aryl methyl sites for hydroxylation is 2. The van der Waals surface area contributed by atoms with Gasteiger partial charge in [0.2, 0.25) is 5.91 Å². The molecule has 3 heterocycles. The molecule has 1 aliphatic rings. The quantitative estimate of drug-likeness (QED) is 0.861. The molecule has 1 unspecified atom stereocenters. The number of likely N-dealkylation sites (tertiary alicyclic amines) is 1. The lowest BCUT2D eigenvalue weighted by Gasteiger charge is -2.53. The van der Waals surface area contributed by atoms with Crippen molar-refractivity contribution in [2.45, 2.75) is 40.3 Å². The van der Waals surface area contributed by atoms with Crippen LogP contribution < -0.4 is 4.87 Å². The molecule has 0 aliphatic carbocycles. The highest BCUT2D eigenvalue weighted by Crippen LogP contribution is 2.47. The summed E-state index contributed by atoms with van der Waals surface area (Å²) >= 11 is 1.20. The van der Waals surface area contributed by atoms with Gasteiger partial charge in [-0.05, 0) is 13.8 Å². The smallest absolute Gasteiger partial charge is 0.308 e. The Hall–Kier alpha value is -1.89. The summed E-state index contributed by atoms with van der Waals surface area (Å²) in [6.07, 6.45) is 3.65. The summed E-state index contributed by atoms with van der Waals surface area (Å²) in [4.78, 5) is 31.9. The summed E-state index contributed by atoms with van der Waals surface area (Å²) in [5, 5.41) is 0. The number of thiazole rings is 1. The van der Waals surface area contributed by atoms with Gasteiger partial charge in [-0.3, -0.25) is 14.2 Å². The number of rotatable bonds is 3. The lowest BCUT2D eigenvalue weighted by Crippen LogP contribution is -2.59. The lowest BCUT2D eigenvalue weighted by molar-refractivity contribution is -0.153. The third kappa shape index (κ3) is 2.52. The molecule has 0 radical (unpaired) electrons. The van der Waals surface area contributed by atoms with Crippen LogP contribution in [0.4, 0.5) is 0 Å². The molecule has 1 fully saturated rings. The fourth-order valence-electron chi connectivity index (χ4n) is 3.28. The van der Waals surface area contributed by atoms with E-state index < -0.39 is 0 Å². The second-order valence-electron chi connectivity index (χ2n) is 6.90. The summed E-state index contributed by atoms with van der Waals surface area (Å²) in [6.45, 7) is 8.86. The molecule has 3 rings (SSSR count). The Morgan fingerprint density at radius 2 is 2.13 bits per heavy atom. The van der Waals surface area contributed by atoms with Crippen LogP contribution in [-0.2, 0) is 18.4 Å². The van der Waals surface area contributed by atoms with Gasteiger partial charge >= 0.3 is 4.87 Å². The van der Waals surface area contributed by atoms with Crippen molar-refractivity contribution in [3.8, 4) is 0 Å². The first-order valence-electron chi connectivity index (χ1n) is 7.66. The number of hydrogen-bond acceptors (Lipinski definition) is 4. The Bertz CT molecular complexity index is 814. The molecule has 2 aromatic rings. The zero-order valence-electron chi connectivity index (χ0n) is 14.2. The van der Waals surface area contributed by atoms with Crippen molar-refractivity contribution in [1.82, 2.24) is 19.0 Å². The average molecular weight is 334 g/mol. The third-order valence-electron chi connectivity index (χ3n) is 4.72. The van der Waals surface area contributed by atoms with E-state index >= 15 is 0 Å². The first kappa shape index (κ1) is 16.0. The standard InChI is InChI=1S/C16H22N4O2S/c1-10-11(2)23-15(22)19(10)8-12(21)20-9-16(3,4)13(20)14-17-6-7-18(14)5/h6-7,13H,8-9H2,1-5H3. The van der Waals surface area contributed by atoms with Crippen LogP contribution in [0, 0.1) is 19.3 Å². The van der Waals surface area contributed by atoms with Gasteiger partial charge in [-0.25, -0.2) is 4.98 Å². The summed E-state index contributed by atoms with van der Waals surface area (Å²) in [5.41, 5.74) is 0.862. The van der Waals surface area contributed by atoms with Gasteiger partial charge in [0.25, 0.3) is 0 Å². The van der Waals surface area contributed by atoms with Crippen molar-refractivity contribution in [3.05, 3.63) is 38.5 Å². The van der Waals surface area contributed by atoms with E-state index in [1.165, 1.54) is 11.3 Å². The van der Waals surface area contributed by atoms with Gasteiger partial charge in [0, 0.05) is 42.0 Å². The normalized spacial score (nSPS) is 19.7. The molecule has 0 spiro atoms. The molecule has 7 heteroatoms. The molecular weight excluding hydrogens is 312 g/mol. The zero-order chi connectivity index (χ0) is 16.9. The summed E-state index contributed by atoms with van der Waals surface area (Å²) in [6, 6.07) is -0.0502. The first-order chi connectivity index (χ1) is 10.7. The van der Waals surface area contributed by atoms with E-state index in [0.717, 1.165) is 16.4 Å². The van der Waals surface area contributed by atoms with Crippen molar-refractivity contribution in [2.75, 3.05) is 6.54 Å². The Morgan fingerprint density at radius 3 is 2.61 bits per heavy atom. The van der Waals surface area contributed by atoms with Gasteiger partial charge in [0.1, 0.15) is 12.4 Å². The molecule has 1 amide bonds. The van der Waals surface area contributed by atoms with Gasteiger partial charge in [-0.15, -0.1) is 0 Å². The van der Waals surface area contributed by atoms with Crippen LogP contribution in [0.1, 0.15) is 36.3 Å². The van der Waals surface area contributed by atoms with E-state index in [0.29, 0.717) is 6.54 Å². The maximum absolute atomic E-state index is 12.7. The maximum Gasteiger partial charge on any atom is 0.308 e. The van der Waals surface area contributed by atoms with Gasteiger partial charge in [0.05, 0.1) is 6.04 Å². The van der Waals surface area contributed by atoms with Crippen molar-refractivity contribution < 1.29 is 4.79 Å². The summed E-state index contributed by atoms with van der Waals surface area (Å²) in [7, 11) is 1.94. The second-order valence-corrected chi connectivity index (χ2v) is 8.07. The topological polar surface area (TPSA) is 60.1 Å². The van der Waals surface area contributed by atoms with E-state index in [-0.39, 0.29) is 28.8 Å². The van der Waals surface area contributed by atoms with E-state index in [9.17, 15) is 9.59 Å². The van der Waals surface area contributed by atoms with Crippen molar-refractivity contribution in [2.24, 2.45) is 12.5 Å². The molecule has 23 heavy (non-hydrogen) atoms. The van der Waals surface area contributed by atoms with Crippen LogP contribution in [0.5, 0.6) is 0 Å². The van der Waals surface area contributed by atoms with Gasteiger partial charge in [0.15, 0.2) is 0 Å². The molecule has 124 valence electrons. The number of carbonyl (C=O) groups excluding carboxylic acids is 1. The van der Waals surface area contributed by atoms with Crippen LogP contribution in [0.25, 0.3) is 0 Å². The fourth-order valence-corrected chi connectivity index (χ4v) is 4.12. The monoisotopic (exact) mass is 334 g/mol. The maximum atomic E-state index is 12.7. The molecular formula is C16H22N4O2S. The SMILES string of the molecule is Cc1sc(=O)n(CC(=O)N2CC(C)(C)C2c2nccn2C)c1C. The van der Waals surface area contributed by atoms with Crippen LogP contribution >= 0.6 is 11.3 Å². The highest BCUT2D eigenvalue weighted by molar-refractivity contribution is 7.09. The van der Waals surface area contributed by atoms with E-state index in [4.69, 9.17) is 0 Å². The van der Waals surface area contributed by atoms with Crippen LogP contribution in [-0.4, -0.2) is 31.5 Å². The Kier molecular flexibility index (Phi) is 3.71. The Morgan fingerprint density at radius 1 is 1.43 bits per heavy atom. The zero-order valence-corrected chi connectivity index (χ0v) is 15.0. The Labute approximate surface area is 139 Å². The number of imidazole rings is 1. The predicted molar refractivity (Wildman–Crippen MR) is 89.5 cm³/mol. The van der Waals surface area contributed by atoms with E-state index in [2.05, 4.69) is 18.8 Å². The predicted octanol–water partition coefficient (Wildman–Crippen LogP) is 1.87. The molecule has 1 saturated heterocycles. The highest BCUT2D eigenvalue weighted by atomic mass is 32.1. The molecule has 1 atom stereocenters. The highest BCUT2D eigenvalue weighted by Gasteiger charge is 2.50. The third-order valence-corrected chi connectivity index (χ3v) is 5.72. The largest absolute Gasteiger partial charge is 0.336 e. The molecule has 0 bridgehead atoms. The minimum atomic E-state index is -0.0679. The molecule has 0 N–H and O–H groups in total. The average Bonchev–Trinajstić information content (AvgIpc) is 2.96. The number of amides is 1. The summed E-state index contributed by atoms with van der Waals surface area (Å²) in [5.74, 6) is 0.862. The summed E-state index contributed by atoms with van der Waals surface area (Å²) < 4.78 is 3.53. The minimum absolute atomic E-state index is 0.0145. The molecule has 1 aliphatic heterocycles. The van der Waals surface area contributed by atoms with Gasteiger partial charge in [-0.2, -0.15) is 0 Å². The van der Waals surface area contributed by atoms with Gasteiger partial charge < -0.3 is 9.47 Å². The first-order valence-corrected chi connectivity index (χ1v) is 8.47. The number of nitrogens with zero attached hydrogens (tertiary/aromatic N) is 4. The van der Waals surface area contributed by atoms with Crippen LogP contribution in [0.2, 0.25) is 0 Å². The number of carbonyl (C=O) groups is 1. The fraction of sp³-hybridized carbons (Fsp3) is 0.562. The molecule has 0 saturated carbocycles. The minimum Gasteiger partial charge on any atom is -0.336 e. The molecule has 0 aromatic carbocycles. The van der Waals surface area contributed by atoms with E-state index in [1.807, 2.05) is 36.6 Å². The van der Waals surface area contributed by atoms with E-state index in [1.54, 1.807) is 10.8 Å². The van der Waals surface area contributed by atoms with Crippen LogP contribution in [0.3, 0.4) is 0 Å². The van der Waals surface area contributed by atoms with Crippen molar-refractivity contribution in [1.29, 1.82) is 0 Å². The lowest BCUT2D eigenvalue weighted by atomic mass is 9.74. The van der Waals surface area contributed by atoms with Gasteiger partial charge in [-0.1, -0.05) is 25.2 Å². The van der Waals surface area contributed by atoms with Crippen molar-refractivity contribution >= 4 is 17.2 Å². The number of hydrogen-bond donors (Lipinski definition) is 0. The molecule has 6 nitrogen and oxygen atoms in total. The van der Waals surface area contributed by atoms with Crippen LogP contribution in [0.15, 0.2) is 17.2 Å². The van der Waals surface area contributed by atoms with Crippen molar-refractivity contribution in [3.63, 3.8) is 0 Å².